The molecule has 3 heterocycles. The monoisotopic (exact) mass is 649 g/mol. The van der Waals surface area contributed by atoms with Gasteiger partial charge in [0.25, 0.3) is 5.79 Å². The lowest BCUT2D eigenvalue weighted by molar-refractivity contribution is -0.390. The summed E-state index contributed by atoms with van der Waals surface area (Å²) in [5.74, 6) is -6.25. The van der Waals surface area contributed by atoms with Crippen LogP contribution < -0.4 is 5.32 Å². The van der Waals surface area contributed by atoms with Crippen LogP contribution in [-0.4, -0.2) is 202 Å². The summed E-state index contributed by atoms with van der Waals surface area (Å²) in [4.78, 5) is 24.5. The summed E-state index contributed by atoms with van der Waals surface area (Å²) in [6.45, 7) is -4.09. The minimum atomic E-state index is -3.11. The Hall–Kier alpha value is -1.74. The second-order valence-corrected chi connectivity index (χ2v) is 10.5. The fraction of sp³-hybridized carbons (Fsp3) is 0.913. The van der Waals surface area contributed by atoms with Crippen LogP contribution in [0.5, 0.6) is 0 Å². The molecule has 0 radical (unpaired) electrons. The van der Waals surface area contributed by atoms with Gasteiger partial charge >= 0.3 is 5.97 Å². The van der Waals surface area contributed by atoms with Crippen molar-refractivity contribution in [1.29, 1.82) is 0 Å². The van der Waals surface area contributed by atoms with Gasteiger partial charge in [0.1, 0.15) is 73.8 Å². The third kappa shape index (κ3) is 7.45. The number of aliphatic hydroxyl groups excluding tert-OH is 12. The molecule has 21 heteroatoms. The van der Waals surface area contributed by atoms with Crippen LogP contribution in [0, 0.1) is 0 Å². The number of amides is 1. The fourth-order valence-electron chi connectivity index (χ4n) is 5.15. The van der Waals surface area contributed by atoms with Crippen molar-refractivity contribution in [2.75, 3.05) is 26.4 Å². The number of hydrogen-bond acceptors (Lipinski definition) is 19. The van der Waals surface area contributed by atoms with Crippen LogP contribution in [-0.2, 0) is 33.3 Å². The van der Waals surface area contributed by atoms with E-state index >= 15 is 0 Å². The van der Waals surface area contributed by atoms with Crippen molar-refractivity contribution >= 4 is 11.9 Å². The molecule has 21 nitrogen and oxygen atoms in total. The van der Waals surface area contributed by atoms with Crippen LogP contribution in [0.3, 0.4) is 0 Å². The Balaban J connectivity index is 2.01. The summed E-state index contributed by atoms with van der Waals surface area (Å²) in [6, 6.07) is -1.71. The maximum absolute atomic E-state index is 12.6. The summed E-state index contributed by atoms with van der Waals surface area (Å²) in [6.07, 6.45) is -28.8. The van der Waals surface area contributed by atoms with E-state index in [4.69, 9.17) is 28.8 Å². The lowest BCUT2D eigenvalue weighted by Gasteiger charge is -2.51. The lowest BCUT2D eigenvalue weighted by atomic mass is 9.88. The largest absolute Gasteiger partial charge is 0.477 e. The number of carbonyl (C=O) groups excluding carboxylic acids is 1. The van der Waals surface area contributed by atoms with Crippen molar-refractivity contribution < 1.29 is 99.7 Å². The van der Waals surface area contributed by atoms with Crippen LogP contribution in [0.2, 0.25) is 0 Å². The highest BCUT2D eigenvalue weighted by atomic mass is 16.8. The molecule has 44 heavy (non-hydrogen) atoms. The molecule has 0 aromatic rings. The average molecular weight is 650 g/mol. The number of ether oxygens (including phenoxy) is 5. The predicted octanol–water partition coefficient (Wildman–Crippen LogP) is -9.25. The van der Waals surface area contributed by atoms with E-state index in [0.717, 1.165) is 0 Å². The summed E-state index contributed by atoms with van der Waals surface area (Å²) >= 11 is 0. The second kappa shape index (κ2) is 15.2. The van der Waals surface area contributed by atoms with E-state index in [1.165, 1.54) is 0 Å². The molecule has 1 unspecified atom stereocenters. The minimum absolute atomic E-state index is 0.873. The maximum atomic E-state index is 12.6. The van der Waals surface area contributed by atoms with Gasteiger partial charge in [0, 0.05) is 6.42 Å². The molecule has 14 N–H and O–H groups in total. The highest BCUT2D eigenvalue weighted by Gasteiger charge is 2.60. The van der Waals surface area contributed by atoms with E-state index < -0.39 is 142 Å². The first-order valence-corrected chi connectivity index (χ1v) is 13.4. The van der Waals surface area contributed by atoms with Crippen molar-refractivity contribution in [3.05, 3.63) is 0 Å². The molecule has 0 aromatic carbocycles. The molecule has 0 saturated carbocycles. The lowest BCUT2D eigenvalue weighted by Crippen LogP contribution is -2.71. The van der Waals surface area contributed by atoms with Crippen molar-refractivity contribution in [2.45, 2.75) is 104 Å². The summed E-state index contributed by atoms with van der Waals surface area (Å²) in [7, 11) is 0. The van der Waals surface area contributed by atoms with Crippen molar-refractivity contribution in [3.8, 4) is 0 Å². The molecule has 0 aromatic heterocycles. The third-order valence-electron chi connectivity index (χ3n) is 7.57. The molecule has 0 aliphatic carbocycles. The van der Waals surface area contributed by atoms with Crippen molar-refractivity contribution in [3.63, 3.8) is 0 Å². The van der Waals surface area contributed by atoms with Gasteiger partial charge < -0.3 is 95.4 Å². The second-order valence-electron chi connectivity index (χ2n) is 10.5. The van der Waals surface area contributed by atoms with Gasteiger partial charge in [-0.3, -0.25) is 4.79 Å². The zero-order chi connectivity index (χ0) is 33.1. The molecule has 3 rings (SSSR count). The van der Waals surface area contributed by atoms with Crippen LogP contribution in [0.4, 0.5) is 0 Å². The van der Waals surface area contributed by atoms with Gasteiger partial charge in [0.15, 0.2) is 12.6 Å². The Morgan fingerprint density at radius 2 is 1.50 bits per heavy atom. The first-order chi connectivity index (χ1) is 20.7. The minimum Gasteiger partial charge on any atom is -0.477 e. The molecule has 16 atom stereocenters. The SMILES string of the molecule is O=C(CO)N[C@H]1[C@H]([C@H](O)[C@H](O)CO)O[C@@](O[C@H]2[C@@H](O[C@@H]3O[C@H](CO)[C@H](O)[C@H](O)[C@H]3O)[C@@H](CO)OC(O)[C@@H]2O)(C(=O)O)C[C@@H]1O. The number of aliphatic carboxylic acids is 1. The summed E-state index contributed by atoms with van der Waals surface area (Å²) in [5.41, 5.74) is 0. The number of aliphatic hydroxyl groups is 12. The van der Waals surface area contributed by atoms with Crippen LogP contribution in [0.15, 0.2) is 0 Å². The molecule has 3 aliphatic heterocycles. The Bertz CT molecular complexity index is 959. The van der Waals surface area contributed by atoms with Crippen LogP contribution >= 0.6 is 0 Å². The Morgan fingerprint density at radius 3 is 2.05 bits per heavy atom. The van der Waals surface area contributed by atoms with Gasteiger partial charge in [0.05, 0.1) is 32.0 Å². The first kappa shape index (κ1) is 36.7. The number of carbonyl (C=O) groups is 2. The molecule has 0 bridgehead atoms. The first-order valence-electron chi connectivity index (χ1n) is 13.4. The van der Waals surface area contributed by atoms with Crippen molar-refractivity contribution in [1.82, 2.24) is 5.32 Å². The fourth-order valence-corrected chi connectivity index (χ4v) is 5.15. The van der Waals surface area contributed by atoms with E-state index in [-0.39, 0.29) is 0 Å². The number of rotatable bonds is 12. The van der Waals surface area contributed by atoms with Gasteiger partial charge in [-0.05, 0) is 0 Å². The molecule has 3 aliphatic rings. The molecule has 0 spiro atoms. The van der Waals surface area contributed by atoms with Crippen LogP contribution in [0.1, 0.15) is 6.42 Å². The van der Waals surface area contributed by atoms with Gasteiger partial charge in [-0.2, -0.15) is 0 Å². The van der Waals surface area contributed by atoms with E-state index in [9.17, 15) is 70.9 Å². The molecule has 3 saturated heterocycles. The number of carboxylic acids is 1. The number of nitrogens with one attached hydrogen (secondary N) is 1. The maximum Gasteiger partial charge on any atom is 0.364 e. The molecular formula is C23H39NO20. The Morgan fingerprint density at radius 1 is 0.864 bits per heavy atom. The van der Waals surface area contributed by atoms with Gasteiger partial charge in [-0.15, -0.1) is 0 Å². The number of carboxylic acid groups (broad SMARTS) is 1. The Kier molecular flexibility index (Phi) is 12.7. The highest BCUT2D eigenvalue weighted by Crippen LogP contribution is 2.38. The van der Waals surface area contributed by atoms with E-state index in [1.807, 2.05) is 0 Å². The zero-order valence-corrected chi connectivity index (χ0v) is 22.9. The van der Waals surface area contributed by atoms with E-state index in [1.54, 1.807) is 0 Å². The number of hydrogen-bond donors (Lipinski definition) is 14. The van der Waals surface area contributed by atoms with Crippen LogP contribution in [0.25, 0.3) is 0 Å². The van der Waals surface area contributed by atoms with Gasteiger partial charge in [0.2, 0.25) is 5.91 Å². The standard InChI is InChI=1S/C23H39NO20/c25-2-7(30)12(32)18-11(24-10(31)5-28)6(29)1-23(43-18,22(38)39)44-19-16(36)20(37)40-9(4-27)17(19)42-21-15(35)14(34)13(33)8(3-26)41-21/h6-9,11-21,25-30,32-37H,1-5H2,(H,24,31)(H,38,39)/t6-,7+,8+,9+,11+,12+,13-,14-,15+,16+,17-,18+,19+,20?,21-,23-/m0/s1. The van der Waals surface area contributed by atoms with E-state index in [0.29, 0.717) is 0 Å². The molecule has 3 fully saturated rings. The molecule has 1 amide bonds. The Labute approximate surface area is 248 Å². The quantitative estimate of drug-likeness (QED) is 0.0932. The highest BCUT2D eigenvalue weighted by molar-refractivity contribution is 5.78. The van der Waals surface area contributed by atoms with Gasteiger partial charge in [-0.1, -0.05) is 0 Å². The summed E-state index contributed by atoms with van der Waals surface area (Å²) < 4.78 is 27.0. The zero-order valence-electron chi connectivity index (χ0n) is 22.9. The summed E-state index contributed by atoms with van der Waals surface area (Å²) in [5, 5.41) is 133. The third-order valence-corrected chi connectivity index (χ3v) is 7.57. The molecule has 256 valence electrons. The smallest absolute Gasteiger partial charge is 0.364 e. The predicted molar refractivity (Wildman–Crippen MR) is 131 cm³/mol. The average Bonchev–Trinajstić information content (AvgIpc) is 3.00. The van der Waals surface area contributed by atoms with E-state index in [2.05, 4.69) is 5.32 Å². The van der Waals surface area contributed by atoms with Crippen molar-refractivity contribution in [2.24, 2.45) is 0 Å². The molecular weight excluding hydrogens is 610 g/mol. The van der Waals surface area contributed by atoms with Gasteiger partial charge in [-0.25, -0.2) is 4.79 Å². The topological polar surface area (TPSA) is 355 Å². The normalized spacial score (nSPS) is 44.5.